The molecule has 1 aliphatic carbocycles. The van der Waals surface area contributed by atoms with Crippen molar-refractivity contribution in [3.63, 3.8) is 0 Å². The van der Waals surface area contributed by atoms with Crippen LogP contribution in [0.25, 0.3) is 0 Å². The van der Waals surface area contributed by atoms with Gasteiger partial charge >= 0.3 is 0 Å². The molecule has 3 nitrogen and oxygen atoms in total. The monoisotopic (exact) mass is 383 g/mol. The van der Waals surface area contributed by atoms with Crippen molar-refractivity contribution in [3.05, 3.63) is 65.2 Å². The smallest absolute Gasteiger partial charge is 0.207 e. The molecule has 1 heterocycles. The minimum atomic E-state index is -3.49. The summed E-state index contributed by atoms with van der Waals surface area (Å²) in [5.74, 6) is 0.630. The number of benzene rings is 2. The number of aryl methyl sites for hydroxylation is 1. The lowest BCUT2D eigenvalue weighted by atomic mass is 9.81. The first kappa shape index (κ1) is 18.7. The number of fused-ring (bicyclic) bond motifs is 1. The van der Waals surface area contributed by atoms with Crippen molar-refractivity contribution in [1.82, 2.24) is 4.31 Å². The Morgan fingerprint density at radius 3 is 2.41 bits per heavy atom. The van der Waals surface area contributed by atoms with Gasteiger partial charge in [0.25, 0.3) is 0 Å². The van der Waals surface area contributed by atoms with Crippen molar-refractivity contribution in [2.75, 3.05) is 6.54 Å². The van der Waals surface area contributed by atoms with Gasteiger partial charge in [0.2, 0.25) is 10.0 Å². The van der Waals surface area contributed by atoms with Crippen LogP contribution in [0.3, 0.4) is 0 Å². The molecule has 4 heteroatoms. The van der Waals surface area contributed by atoms with Crippen molar-refractivity contribution < 1.29 is 8.42 Å². The van der Waals surface area contributed by atoms with Gasteiger partial charge in [0, 0.05) is 6.54 Å². The Bertz CT molecular complexity index is 883. The summed E-state index contributed by atoms with van der Waals surface area (Å²) in [4.78, 5) is 0.418. The summed E-state index contributed by atoms with van der Waals surface area (Å²) in [7, 11) is -3.49. The van der Waals surface area contributed by atoms with Crippen LogP contribution in [0.15, 0.2) is 53.4 Å². The quantitative estimate of drug-likeness (QED) is 0.723. The maximum absolute atomic E-state index is 13.5. The molecule has 0 N–H and O–H groups in total. The Kier molecular flexibility index (Phi) is 5.38. The van der Waals surface area contributed by atoms with Gasteiger partial charge in [0.15, 0.2) is 0 Å². The van der Waals surface area contributed by atoms with Gasteiger partial charge in [-0.25, -0.2) is 8.42 Å². The predicted octanol–water partition coefficient (Wildman–Crippen LogP) is 5.25. The zero-order valence-electron chi connectivity index (χ0n) is 16.1. The van der Waals surface area contributed by atoms with Gasteiger partial charge in [-0.05, 0) is 48.9 Å². The summed E-state index contributed by atoms with van der Waals surface area (Å²) in [6.07, 6.45) is 8.09. The van der Waals surface area contributed by atoms with E-state index in [1.807, 2.05) is 19.1 Å². The van der Waals surface area contributed by atoms with Crippen LogP contribution in [-0.2, 0) is 16.4 Å². The minimum absolute atomic E-state index is 0.0376. The fraction of sp³-hybridized carbons (Fsp3) is 0.478. The van der Waals surface area contributed by atoms with Crippen molar-refractivity contribution in [1.29, 1.82) is 0 Å². The second kappa shape index (κ2) is 7.76. The molecule has 144 valence electrons. The average Bonchev–Trinajstić information content (AvgIpc) is 2.69. The van der Waals surface area contributed by atoms with E-state index >= 15 is 0 Å². The van der Waals surface area contributed by atoms with E-state index in [1.165, 1.54) is 43.2 Å². The van der Waals surface area contributed by atoms with E-state index in [1.54, 1.807) is 16.4 Å². The molecule has 2 aromatic rings. The first-order valence-corrected chi connectivity index (χ1v) is 11.7. The Hall–Kier alpha value is -1.65. The number of hydrogen-bond donors (Lipinski definition) is 0. The van der Waals surface area contributed by atoms with Crippen LogP contribution in [0.4, 0.5) is 0 Å². The van der Waals surface area contributed by atoms with Crippen LogP contribution in [0.5, 0.6) is 0 Å². The third-order valence-corrected chi connectivity index (χ3v) is 8.19. The van der Waals surface area contributed by atoms with Crippen LogP contribution in [0, 0.1) is 12.8 Å². The molecule has 0 bridgehead atoms. The van der Waals surface area contributed by atoms with E-state index in [0.29, 0.717) is 17.4 Å². The Morgan fingerprint density at radius 2 is 1.67 bits per heavy atom. The van der Waals surface area contributed by atoms with E-state index in [2.05, 4.69) is 24.3 Å². The summed E-state index contributed by atoms with van der Waals surface area (Å²) in [5, 5.41) is 0. The molecular formula is C23H29NO2S. The molecule has 0 radical (unpaired) electrons. The third-order valence-electron chi connectivity index (χ3n) is 6.27. The number of hydrogen-bond acceptors (Lipinski definition) is 2. The minimum Gasteiger partial charge on any atom is -0.207 e. The fourth-order valence-corrected chi connectivity index (χ4v) is 6.36. The lowest BCUT2D eigenvalue weighted by Crippen LogP contribution is -2.41. The first-order valence-electron chi connectivity index (χ1n) is 10.2. The van der Waals surface area contributed by atoms with Crippen LogP contribution < -0.4 is 0 Å². The van der Waals surface area contributed by atoms with Crippen molar-refractivity contribution >= 4 is 10.0 Å². The molecule has 27 heavy (non-hydrogen) atoms. The topological polar surface area (TPSA) is 37.4 Å². The van der Waals surface area contributed by atoms with Crippen LogP contribution >= 0.6 is 0 Å². The maximum atomic E-state index is 13.5. The van der Waals surface area contributed by atoms with Crippen LogP contribution in [-0.4, -0.2) is 19.3 Å². The summed E-state index contributed by atoms with van der Waals surface area (Å²) in [6, 6.07) is 15.7. The second-order valence-electron chi connectivity index (χ2n) is 8.13. The van der Waals surface area contributed by atoms with Crippen molar-refractivity contribution in [2.24, 2.45) is 5.92 Å². The van der Waals surface area contributed by atoms with Gasteiger partial charge in [-0.15, -0.1) is 0 Å². The largest absolute Gasteiger partial charge is 0.243 e. The summed E-state index contributed by atoms with van der Waals surface area (Å²) in [6.45, 7) is 2.56. The van der Waals surface area contributed by atoms with Crippen molar-refractivity contribution in [2.45, 2.75) is 62.8 Å². The van der Waals surface area contributed by atoms with Gasteiger partial charge < -0.3 is 0 Å². The molecular weight excluding hydrogens is 354 g/mol. The molecule has 1 aliphatic heterocycles. The molecule has 1 saturated carbocycles. The normalized spacial score (nSPS) is 21.7. The highest BCUT2D eigenvalue weighted by Gasteiger charge is 2.37. The van der Waals surface area contributed by atoms with E-state index in [4.69, 9.17) is 0 Å². The third kappa shape index (κ3) is 3.83. The molecule has 2 aromatic carbocycles. The first-order chi connectivity index (χ1) is 13.1. The number of sulfonamides is 1. The Labute approximate surface area is 163 Å². The highest BCUT2D eigenvalue weighted by molar-refractivity contribution is 7.89. The average molecular weight is 384 g/mol. The van der Waals surface area contributed by atoms with E-state index in [-0.39, 0.29) is 6.04 Å². The summed E-state index contributed by atoms with van der Waals surface area (Å²) in [5.41, 5.74) is 3.61. The van der Waals surface area contributed by atoms with Crippen LogP contribution in [0.1, 0.15) is 61.3 Å². The molecule has 1 atom stereocenters. The molecule has 0 aromatic heterocycles. The van der Waals surface area contributed by atoms with Gasteiger partial charge in [-0.3, -0.25) is 0 Å². The molecule has 0 amide bonds. The molecule has 1 unspecified atom stereocenters. The fourth-order valence-electron chi connectivity index (χ4n) is 4.74. The van der Waals surface area contributed by atoms with Crippen LogP contribution in [0.2, 0.25) is 0 Å². The van der Waals surface area contributed by atoms with Gasteiger partial charge in [0.05, 0.1) is 10.9 Å². The van der Waals surface area contributed by atoms with Crippen molar-refractivity contribution in [3.8, 4) is 0 Å². The number of nitrogens with zero attached hydrogens (tertiary/aromatic N) is 1. The Balaban J connectivity index is 1.70. The van der Waals surface area contributed by atoms with E-state index < -0.39 is 10.0 Å². The van der Waals surface area contributed by atoms with E-state index in [9.17, 15) is 8.42 Å². The highest BCUT2D eigenvalue weighted by Crippen LogP contribution is 2.41. The lowest BCUT2D eigenvalue weighted by molar-refractivity contribution is 0.228. The summed E-state index contributed by atoms with van der Waals surface area (Å²) >= 11 is 0. The maximum Gasteiger partial charge on any atom is 0.243 e. The molecule has 2 aliphatic rings. The second-order valence-corrected chi connectivity index (χ2v) is 10.0. The number of rotatable bonds is 4. The molecule has 0 spiro atoms. The zero-order valence-corrected chi connectivity index (χ0v) is 16.9. The Morgan fingerprint density at radius 1 is 0.963 bits per heavy atom. The molecule has 1 fully saturated rings. The highest BCUT2D eigenvalue weighted by atomic mass is 32.2. The van der Waals surface area contributed by atoms with E-state index in [0.717, 1.165) is 18.4 Å². The zero-order chi connectivity index (χ0) is 18.9. The van der Waals surface area contributed by atoms with Gasteiger partial charge in [-0.1, -0.05) is 74.1 Å². The lowest BCUT2D eigenvalue weighted by Gasteiger charge is -2.39. The summed E-state index contributed by atoms with van der Waals surface area (Å²) < 4.78 is 28.8. The van der Waals surface area contributed by atoms with Gasteiger partial charge in [0.1, 0.15) is 0 Å². The molecule has 4 rings (SSSR count). The molecule has 0 saturated heterocycles. The predicted molar refractivity (Wildman–Crippen MR) is 109 cm³/mol. The standard InChI is InChI=1S/C23H29NO2S/c1-18-11-13-21(14-12-18)27(25,26)24-16-15-20-9-5-6-10-22(20)23(24)17-19-7-3-2-4-8-19/h5-6,9-14,19,23H,2-4,7-8,15-17H2,1H3. The SMILES string of the molecule is Cc1ccc(S(=O)(=O)N2CCc3ccccc3C2CC2CCCCC2)cc1. The van der Waals surface area contributed by atoms with Gasteiger partial charge in [-0.2, -0.15) is 4.31 Å².